The third-order valence-electron chi connectivity index (χ3n) is 4.47. The van der Waals surface area contributed by atoms with E-state index >= 15 is 0 Å². The molecule has 1 aromatic heterocycles. The molecule has 27 heavy (non-hydrogen) atoms. The highest BCUT2D eigenvalue weighted by Gasteiger charge is 2.23. The van der Waals surface area contributed by atoms with Crippen molar-refractivity contribution in [3.05, 3.63) is 59.9 Å². The molecule has 0 spiro atoms. The van der Waals surface area contributed by atoms with Gasteiger partial charge in [0, 0.05) is 18.7 Å². The molecule has 2 aromatic carbocycles. The molecule has 0 saturated carbocycles. The summed E-state index contributed by atoms with van der Waals surface area (Å²) in [6.07, 6.45) is 1.52. The summed E-state index contributed by atoms with van der Waals surface area (Å²) in [5, 5.41) is 0. The maximum absolute atomic E-state index is 12.8. The molecule has 8 heteroatoms. The standard InChI is InChI=1S/C19H22N4O3S/c1-4-22(5-2)27(25,26)15-11-10-14(3)16(12-15)19(24)21-23-13-20-17-8-6-7-9-18(17)23/h6-13H,4-5H2,1-3H3,(H,21,24). The molecule has 0 fully saturated rings. The van der Waals surface area contributed by atoms with Crippen LogP contribution < -0.4 is 5.43 Å². The Kier molecular flexibility index (Phi) is 5.29. The largest absolute Gasteiger partial charge is 0.270 e. The molecule has 142 valence electrons. The molecular weight excluding hydrogens is 364 g/mol. The van der Waals surface area contributed by atoms with Gasteiger partial charge in [0.15, 0.2) is 0 Å². The summed E-state index contributed by atoms with van der Waals surface area (Å²) in [4.78, 5) is 17.1. The van der Waals surface area contributed by atoms with Crippen LogP contribution >= 0.6 is 0 Å². The number of nitrogens with zero attached hydrogens (tertiary/aromatic N) is 3. The van der Waals surface area contributed by atoms with E-state index in [0.717, 1.165) is 11.0 Å². The summed E-state index contributed by atoms with van der Waals surface area (Å²) in [5.74, 6) is -0.396. The second kappa shape index (κ2) is 7.50. The smallest absolute Gasteiger partial charge is 0.267 e. The quantitative estimate of drug-likeness (QED) is 0.706. The predicted octanol–water partition coefficient (Wildman–Crippen LogP) is 2.76. The van der Waals surface area contributed by atoms with Gasteiger partial charge in [0.2, 0.25) is 10.0 Å². The molecule has 0 aliphatic carbocycles. The van der Waals surface area contributed by atoms with Crippen molar-refractivity contribution < 1.29 is 13.2 Å². The van der Waals surface area contributed by atoms with Crippen LogP contribution in [0.25, 0.3) is 11.0 Å². The van der Waals surface area contributed by atoms with E-state index in [4.69, 9.17) is 0 Å². The van der Waals surface area contributed by atoms with Crippen LogP contribution in [-0.4, -0.2) is 41.4 Å². The number of rotatable bonds is 6. The van der Waals surface area contributed by atoms with Crippen LogP contribution in [0.3, 0.4) is 0 Å². The van der Waals surface area contributed by atoms with Gasteiger partial charge in [0.05, 0.1) is 15.9 Å². The van der Waals surface area contributed by atoms with Crippen molar-refractivity contribution in [2.24, 2.45) is 0 Å². The van der Waals surface area contributed by atoms with Gasteiger partial charge < -0.3 is 0 Å². The molecule has 1 heterocycles. The minimum absolute atomic E-state index is 0.109. The van der Waals surface area contributed by atoms with Crippen molar-refractivity contribution >= 4 is 27.0 Å². The first-order chi connectivity index (χ1) is 12.9. The Morgan fingerprint density at radius 3 is 2.56 bits per heavy atom. The van der Waals surface area contributed by atoms with E-state index in [9.17, 15) is 13.2 Å². The molecule has 3 aromatic rings. The Balaban J connectivity index is 1.95. The van der Waals surface area contributed by atoms with Crippen molar-refractivity contribution in [2.75, 3.05) is 18.5 Å². The summed E-state index contributed by atoms with van der Waals surface area (Å²) in [6.45, 7) is 6.08. The van der Waals surface area contributed by atoms with E-state index in [-0.39, 0.29) is 4.90 Å². The molecule has 0 unspecified atom stereocenters. The topological polar surface area (TPSA) is 84.3 Å². The van der Waals surface area contributed by atoms with E-state index in [2.05, 4.69) is 10.4 Å². The van der Waals surface area contributed by atoms with Crippen molar-refractivity contribution in [3.8, 4) is 0 Å². The Labute approximate surface area is 158 Å². The van der Waals surface area contributed by atoms with Crippen LogP contribution in [0, 0.1) is 6.92 Å². The molecule has 0 aliphatic heterocycles. The van der Waals surface area contributed by atoms with Gasteiger partial charge in [-0.05, 0) is 36.8 Å². The third-order valence-corrected chi connectivity index (χ3v) is 6.52. The molecule has 0 atom stereocenters. The fourth-order valence-corrected chi connectivity index (χ4v) is 4.42. The first-order valence-corrected chi connectivity index (χ1v) is 10.2. The Bertz CT molecular complexity index is 1090. The summed E-state index contributed by atoms with van der Waals surface area (Å²) < 4.78 is 28.4. The second-order valence-corrected chi connectivity index (χ2v) is 8.05. The van der Waals surface area contributed by atoms with E-state index in [0.29, 0.717) is 24.2 Å². The highest BCUT2D eigenvalue weighted by Crippen LogP contribution is 2.20. The lowest BCUT2D eigenvalue weighted by atomic mass is 10.1. The Hall–Kier alpha value is -2.71. The van der Waals surface area contributed by atoms with Crippen LogP contribution in [0.2, 0.25) is 0 Å². The number of carbonyl (C=O) groups excluding carboxylic acids is 1. The van der Waals surface area contributed by atoms with Crippen molar-refractivity contribution in [1.82, 2.24) is 14.0 Å². The number of fused-ring (bicyclic) bond motifs is 1. The van der Waals surface area contributed by atoms with E-state index in [1.54, 1.807) is 26.8 Å². The average molecular weight is 386 g/mol. The highest BCUT2D eigenvalue weighted by molar-refractivity contribution is 7.89. The number of hydrogen-bond acceptors (Lipinski definition) is 4. The van der Waals surface area contributed by atoms with Gasteiger partial charge >= 0.3 is 0 Å². The first-order valence-electron chi connectivity index (χ1n) is 8.72. The van der Waals surface area contributed by atoms with Gasteiger partial charge in [0.25, 0.3) is 5.91 Å². The van der Waals surface area contributed by atoms with Gasteiger partial charge in [-0.1, -0.05) is 32.0 Å². The number of hydrogen-bond donors (Lipinski definition) is 1. The molecule has 1 amide bonds. The minimum atomic E-state index is -3.64. The summed E-state index contributed by atoms with van der Waals surface area (Å²) in [7, 11) is -3.64. The number of carbonyl (C=O) groups is 1. The van der Waals surface area contributed by atoms with Crippen LogP contribution in [-0.2, 0) is 10.0 Å². The van der Waals surface area contributed by atoms with Gasteiger partial charge in [-0.25, -0.2) is 18.1 Å². The van der Waals surface area contributed by atoms with E-state index in [1.807, 2.05) is 24.3 Å². The molecule has 1 N–H and O–H groups in total. The average Bonchev–Trinajstić information content (AvgIpc) is 3.05. The van der Waals surface area contributed by atoms with Crippen LogP contribution in [0.4, 0.5) is 0 Å². The molecule has 3 rings (SSSR count). The van der Waals surface area contributed by atoms with Gasteiger partial charge in [-0.3, -0.25) is 10.2 Å². The maximum Gasteiger partial charge on any atom is 0.270 e. The zero-order chi connectivity index (χ0) is 19.6. The van der Waals surface area contributed by atoms with Gasteiger partial charge in [-0.15, -0.1) is 0 Å². The Morgan fingerprint density at radius 2 is 1.85 bits per heavy atom. The van der Waals surface area contributed by atoms with Crippen LogP contribution in [0.1, 0.15) is 29.8 Å². The predicted molar refractivity (Wildman–Crippen MR) is 105 cm³/mol. The SMILES string of the molecule is CCN(CC)S(=O)(=O)c1ccc(C)c(C(=O)Nn2cnc3ccccc32)c1. The lowest BCUT2D eigenvalue weighted by molar-refractivity contribution is 0.101. The number of amides is 1. The molecule has 0 aliphatic rings. The molecular formula is C19H22N4O3S. The zero-order valence-corrected chi connectivity index (χ0v) is 16.3. The van der Waals surface area contributed by atoms with Crippen molar-refractivity contribution in [2.45, 2.75) is 25.7 Å². The number of sulfonamides is 1. The fourth-order valence-electron chi connectivity index (χ4n) is 2.94. The first kappa shape index (κ1) is 19.1. The molecule has 7 nitrogen and oxygen atoms in total. The van der Waals surface area contributed by atoms with E-state index in [1.165, 1.54) is 27.4 Å². The number of para-hydroxylation sites is 2. The lowest BCUT2D eigenvalue weighted by Crippen LogP contribution is -2.31. The lowest BCUT2D eigenvalue weighted by Gasteiger charge is -2.19. The third kappa shape index (κ3) is 3.58. The zero-order valence-electron chi connectivity index (χ0n) is 15.5. The van der Waals surface area contributed by atoms with Crippen molar-refractivity contribution in [1.29, 1.82) is 0 Å². The minimum Gasteiger partial charge on any atom is -0.267 e. The normalized spacial score (nSPS) is 11.9. The number of benzene rings is 2. The van der Waals surface area contributed by atoms with Crippen molar-refractivity contribution in [3.63, 3.8) is 0 Å². The molecule has 0 saturated heterocycles. The monoisotopic (exact) mass is 386 g/mol. The maximum atomic E-state index is 12.8. The van der Waals surface area contributed by atoms with E-state index < -0.39 is 15.9 Å². The summed E-state index contributed by atoms with van der Waals surface area (Å²) >= 11 is 0. The van der Waals surface area contributed by atoms with Gasteiger partial charge in [0.1, 0.15) is 6.33 Å². The second-order valence-electron chi connectivity index (χ2n) is 6.11. The van der Waals surface area contributed by atoms with Gasteiger partial charge in [-0.2, -0.15) is 4.31 Å². The summed E-state index contributed by atoms with van der Waals surface area (Å²) in [6, 6.07) is 12.0. The number of nitrogens with one attached hydrogen (secondary N) is 1. The molecule has 0 radical (unpaired) electrons. The molecule has 0 bridgehead atoms. The fraction of sp³-hybridized carbons (Fsp3) is 0.263. The number of aromatic nitrogens is 2. The van der Waals surface area contributed by atoms with Crippen LogP contribution in [0.15, 0.2) is 53.7 Å². The number of imidazole rings is 1. The Morgan fingerprint density at radius 1 is 1.15 bits per heavy atom. The van der Waals surface area contributed by atoms with Crippen LogP contribution in [0.5, 0.6) is 0 Å². The number of aryl methyl sites for hydroxylation is 1. The summed E-state index contributed by atoms with van der Waals surface area (Å²) in [5.41, 5.74) is 5.28. The highest BCUT2D eigenvalue weighted by atomic mass is 32.2.